The highest BCUT2D eigenvalue weighted by molar-refractivity contribution is 6.21. The highest BCUT2D eigenvalue weighted by Crippen LogP contribution is 2.47. The van der Waals surface area contributed by atoms with Gasteiger partial charge in [0.2, 0.25) is 11.8 Å². The molecule has 5 saturated carbocycles. The van der Waals surface area contributed by atoms with Gasteiger partial charge >= 0.3 is 0 Å². The van der Waals surface area contributed by atoms with Crippen molar-refractivity contribution in [2.75, 3.05) is 13.2 Å². The van der Waals surface area contributed by atoms with Gasteiger partial charge in [-0.1, -0.05) is 13.8 Å². The van der Waals surface area contributed by atoms with Crippen LogP contribution < -0.4 is 10.6 Å². The van der Waals surface area contributed by atoms with Crippen LogP contribution >= 0.6 is 11.6 Å². The van der Waals surface area contributed by atoms with Gasteiger partial charge in [-0.05, 0) is 76.0 Å². The highest BCUT2D eigenvalue weighted by Gasteiger charge is 2.55. The molecule has 0 heterocycles. The van der Waals surface area contributed by atoms with Gasteiger partial charge in [-0.2, -0.15) is 0 Å². The number of fused-ring (bicyclic) bond motifs is 3. The first-order chi connectivity index (χ1) is 16.6. The molecule has 6 unspecified atom stereocenters. The topological polar surface area (TPSA) is 96.9 Å². The van der Waals surface area contributed by atoms with Gasteiger partial charge in [0, 0.05) is 12.0 Å². The van der Waals surface area contributed by atoms with Gasteiger partial charge in [0.05, 0.1) is 29.2 Å². The fourth-order valence-electron chi connectivity index (χ4n) is 6.54. The summed E-state index contributed by atoms with van der Waals surface area (Å²) in [7, 11) is 0. The predicted octanol–water partition coefficient (Wildman–Crippen LogP) is 3.39. The summed E-state index contributed by atoms with van der Waals surface area (Å²) in [4.78, 5) is 25.3. The van der Waals surface area contributed by atoms with Crippen LogP contribution in [0.4, 0.5) is 4.39 Å². The predicted molar refractivity (Wildman–Crippen MR) is 131 cm³/mol. The third-order valence-corrected chi connectivity index (χ3v) is 9.70. The molecule has 2 amide bonds. The zero-order chi connectivity index (χ0) is 25.2. The van der Waals surface area contributed by atoms with Gasteiger partial charge in [0.15, 0.2) is 0 Å². The molecule has 7 nitrogen and oxygen atoms in total. The Bertz CT molecular complexity index is 762. The van der Waals surface area contributed by atoms with Crippen LogP contribution in [0.1, 0.15) is 84.5 Å². The molecule has 9 heteroatoms. The summed E-state index contributed by atoms with van der Waals surface area (Å²) in [5.74, 6) is 0.884. The Morgan fingerprint density at radius 2 is 1.51 bits per heavy atom. The van der Waals surface area contributed by atoms with E-state index in [1.165, 1.54) is 0 Å². The number of hydrogen-bond donors (Lipinski definition) is 3. The molecule has 2 bridgehead atoms. The van der Waals surface area contributed by atoms with Gasteiger partial charge in [-0.3, -0.25) is 9.59 Å². The van der Waals surface area contributed by atoms with E-state index >= 15 is 0 Å². The Morgan fingerprint density at radius 3 is 2.11 bits per heavy atom. The number of carbonyl (C=O) groups is 2. The Balaban J connectivity index is 1.20. The number of halogens is 2. The maximum Gasteiger partial charge on any atom is 0.246 e. The minimum absolute atomic E-state index is 0.0498. The molecule has 0 radical (unpaired) electrons. The molecule has 0 spiro atoms. The number of amides is 2. The third kappa shape index (κ3) is 6.49. The monoisotopic (exact) mass is 516 g/mol. The normalized spacial score (nSPS) is 43.5. The smallest absolute Gasteiger partial charge is 0.246 e. The van der Waals surface area contributed by atoms with E-state index in [1.54, 1.807) is 0 Å². The molecule has 200 valence electrons. The average molecular weight is 517 g/mol. The summed E-state index contributed by atoms with van der Waals surface area (Å²) in [6.07, 6.45) is 5.43. The molecule has 0 aromatic heterocycles. The van der Waals surface area contributed by atoms with Crippen molar-refractivity contribution in [1.82, 2.24) is 10.6 Å². The van der Waals surface area contributed by atoms with Gasteiger partial charge in [-0.15, -0.1) is 11.6 Å². The van der Waals surface area contributed by atoms with Crippen LogP contribution in [0.25, 0.3) is 0 Å². The molecule has 5 aliphatic carbocycles. The maximum absolute atomic E-state index is 13.8. The number of ether oxygens (including phenoxy) is 2. The van der Waals surface area contributed by atoms with Gasteiger partial charge in [0.25, 0.3) is 0 Å². The van der Waals surface area contributed by atoms with E-state index < -0.39 is 28.7 Å². The maximum atomic E-state index is 13.8. The number of alkyl halides is 2. The second-order valence-electron chi connectivity index (χ2n) is 11.7. The molecular formula is C26H42ClFN2O5. The summed E-state index contributed by atoms with van der Waals surface area (Å²) < 4.78 is 25.4. The van der Waals surface area contributed by atoms with Crippen LogP contribution in [-0.4, -0.2) is 71.1 Å². The van der Waals surface area contributed by atoms with Crippen molar-refractivity contribution in [2.24, 2.45) is 11.8 Å². The van der Waals surface area contributed by atoms with Crippen LogP contribution in [0.3, 0.4) is 0 Å². The SMILES string of the molecule is CC1CCC(OCC(=O)NC23CCC(NC(=O)COC4CCC(Cl)C(F)C4)(CC2)[C@@H](O)C3)CC1C. The summed E-state index contributed by atoms with van der Waals surface area (Å²) in [6.45, 7) is 4.41. The molecule has 35 heavy (non-hydrogen) atoms. The molecule has 0 saturated heterocycles. The van der Waals surface area contributed by atoms with Crippen molar-refractivity contribution >= 4 is 23.4 Å². The summed E-state index contributed by atoms with van der Waals surface area (Å²) >= 11 is 5.92. The molecule has 0 aromatic rings. The highest BCUT2D eigenvalue weighted by atomic mass is 35.5. The van der Waals surface area contributed by atoms with Crippen molar-refractivity contribution in [3.63, 3.8) is 0 Å². The van der Waals surface area contributed by atoms with E-state index in [9.17, 15) is 19.1 Å². The lowest BCUT2D eigenvalue weighted by Gasteiger charge is -2.56. The van der Waals surface area contributed by atoms with Crippen LogP contribution in [0.5, 0.6) is 0 Å². The zero-order valence-electron chi connectivity index (χ0n) is 21.1. The van der Waals surface area contributed by atoms with E-state index in [0.29, 0.717) is 56.8 Å². The van der Waals surface area contributed by atoms with Crippen molar-refractivity contribution in [3.8, 4) is 0 Å². The second-order valence-corrected chi connectivity index (χ2v) is 12.3. The number of hydrogen-bond acceptors (Lipinski definition) is 5. The fraction of sp³-hybridized carbons (Fsp3) is 0.923. The van der Waals surface area contributed by atoms with Crippen molar-refractivity contribution in [3.05, 3.63) is 0 Å². The van der Waals surface area contributed by atoms with E-state index in [4.69, 9.17) is 21.1 Å². The lowest BCUT2D eigenvalue weighted by atomic mass is 9.60. The lowest BCUT2D eigenvalue weighted by Crippen LogP contribution is -2.70. The number of aliphatic hydroxyl groups excluding tert-OH is 1. The summed E-state index contributed by atoms with van der Waals surface area (Å²) in [6, 6.07) is 0. The molecule has 5 rings (SSSR count). The fourth-order valence-corrected chi connectivity index (χ4v) is 6.77. The Kier molecular flexibility index (Phi) is 8.66. The first kappa shape index (κ1) is 27.1. The van der Waals surface area contributed by atoms with Crippen LogP contribution in [0.15, 0.2) is 0 Å². The molecular weight excluding hydrogens is 475 g/mol. The van der Waals surface area contributed by atoms with Gasteiger partial charge < -0.3 is 25.2 Å². The standard InChI is InChI=1S/C26H42ClFN2O5/c1-16-3-4-18(11-17(16)2)34-14-23(32)29-25-7-9-26(10-8-25,22(31)13-25)30-24(33)15-35-19-5-6-20(27)21(28)12-19/h16-22,31H,3-15H2,1-2H3,(H,29,32)(H,30,33)/t16?,17?,18?,19?,20?,21?,22-,25?,26?/m0/s1. The molecule has 0 aliphatic heterocycles. The molecule has 3 N–H and O–H groups in total. The largest absolute Gasteiger partial charge is 0.391 e. The van der Waals surface area contributed by atoms with Crippen molar-refractivity contribution in [1.29, 1.82) is 0 Å². The van der Waals surface area contributed by atoms with Crippen LogP contribution in [-0.2, 0) is 19.1 Å². The van der Waals surface area contributed by atoms with E-state index in [0.717, 1.165) is 19.3 Å². The number of carbonyl (C=O) groups excluding carboxylic acids is 2. The Hall–Kier alpha value is -0.960. The number of aliphatic hydroxyl groups is 1. The Labute approximate surface area is 213 Å². The minimum Gasteiger partial charge on any atom is -0.391 e. The number of rotatable bonds is 8. The quantitative estimate of drug-likeness (QED) is 0.430. The van der Waals surface area contributed by atoms with E-state index in [2.05, 4.69) is 24.5 Å². The second kappa shape index (κ2) is 11.2. The summed E-state index contributed by atoms with van der Waals surface area (Å²) in [5.41, 5.74) is -1.15. The van der Waals surface area contributed by atoms with E-state index in [-0.39, 0.29) is 43.7 Å². The first-order valence-corrected chi connectivity index (χ1v) is 13.8. The lowest BCUT2D eigenvalue weighted by molar-refractivity contribution is -0.142. The molecule has 7 atom stereocenters. The van der Waals surface area contributed by atoms with Crippen molar-refractivity contribution in [2.45, 2.75) is 125 Å². The van der Waals surface area contributed by atoms with Gasteiger partial charge in [-0.25, -0.2) is 4.39 Å². The third-order valence-electron chi connectivity index (χ3n) is 9.21. The van der Waals surface area contributed by atoms with E-state index in [1.807, 2.05) is 0 Å². The molecule has 5 fully saturated rings. The van der Waals surface area contributed by atoms with Gasteiger partial charge in [0.1, 0.15) is 19.4 Å². The minimum atomic E-state index is -1.11. The summed E-state index contributed by atoms with van der Waals surface area (Å²) in [5, 5.41) is 16.6. The van der Waals surface area contributed by atoms with Crippen LogP contribution in [0, 0.1) is 11.8 Å². The van der Waals surface area contributed by atoms with Crippen molar-refractivity contribution < 1.29 is 28.6 Å². The first-order valence-electron chi connectivity index (χ1n) is 13.4. The Morgan fingerprint density at radius 1 is 0.914 bits per heavy atom. The molecule has 0 aromatic carbocycles. The number of nitrogens with one attached hydrogen (secondary N) is 2. The molecule has 5 aliphatic rings. The van der Waals surface area contributed by atoms with Crippen LogP contribution in [0.2, 0.25) is 0 Å². The average Bonchev–Trinajstić information content (AvgIpc) is 2.82. The zero-order valence-corrected chi connectivity index (χ0v) is 21.8.